The highest BCUT2D eigenvalue weighted by Crippen LogP contribution is 2.28. The highest BCUT2D eigenvalue weighted by atomic mass is 79.9. The fraction of sp³-hybridized carbons (Fsp3) is 0.286. The number of rotatable bonds is 9. The normalized spacial score (nSPS) is 12.5. The number of carbonyl (C=O) groups excluding carboxylic acids is 2. The molecule has 0 aliphatic heterocycles. The SMILES string of the molecule is C[C@H](C(=O)NC(C)(C)C)N(Cc1ccc(Cl)cc1Cl)C(=O)CN(c1cccc(Br)c1)S(=O)(=O)c1ccccc1. The zero-order valence-corrected chi connectivity index (χ0v) is 25.9. The Bertz CT molecular complexity index is 1450. The van der Waals surface area contributed by atoms with E-state index in [0.29, 0.717) is 20.1 Å². The third kappa shape index (κ3) is 8.20. The number of nitrogens with one attached hydrogen (secondary N) is 1. The Morgan fingerprint density at radius 2 is 1.64 bits per heavy atom. The average Bonchev–Trinajstić information content (AvgIpc) is 2.85. The van der Waals surface area contributed by atoms with Gasteiger partial charge in [0.05, 0.1) is 10.6 Å². The lowest BCUT2D eigenvalue weighted by Gasteiger charge is -2.33. The highest BCUT2D eigenvalue weighted by molar-refractivity contribution is 9.10. The third-order valence-electron chi connectivity index (χ3n) is 5.73. The van der Waals surface area contributed by atoms with Gasteiger partial charge in [-0.1, -0.05) is 69.5 Å². The Hall–Kier alpha value is -2.59. The van der Waals surface area contributed by atoms with Crippen LogP contribution < -0.4 is 9.62 Å². The second-order valence-electron chi connectivity index (χ2n) is 9.98. The molecule has 0 spiro atoms. The van der Waals surface area contributed by atoms with Crippen molar-refractivity contribution in [1.29, 1.82) is 0 Å². The number of anilines is 1. The van der Waals surface area contributed by atoms with Gasteiger partial charge in [0.15, 0.2) is 0 Å². The molecule has 1 atom stereocenters. The molecule has 0 aliphatic rings. The molecule has 39 heavy (non-hydrogen) atoms. The molecule has 0 aliphatic carbocycles. The summed E-state index contributed by atoms with van der Waals surface area (Å²) in [6, 6.07) is 18.5. The standard InChI is InChI=1S/C28H30BrCl2N3O4S/c1-19(27(36)32-28(2,3)4)33(17-20-13-14-22(30)16-25(20)31)26(35)18-34(23-10-8-9-21(29)15-23)39(37,38)24-11-6-5-7-12-24/h5-16,19H,17-18H2,1-4H3,(H,32,36)/t19-/m1/s1. The molecule has 0 heterocycles. The van der Waals surface area contributed by atoms with E-state index in [9.17, 15) is 18.0 Å². The lowest BCUT2D eigenvalue weighted by molar-refractivity contribution is -0.140. The van der Waals surface area contributed by atoms with Gasteiger partial charge in [-0.15, -0.1) is 0 Å². The van der Waals surface area contributed by atoms with Crippen LogP contribution in [-0.2, 0) is 26.2 Å². The molecule has 1 N–H and O–H groups in total. The number of benzene rings is 3. The van der Waals surface area contributed by atoms with E-state index in [-0.39, 0.29) is 23.0 Å². The summed E-state index contributed by atoms with van der Waals surface area (Å²) in [6.07, 6.45) is 0. The van der Waals surface area contributed by atoms with Crippen LogP contribution in [0.3, 0.4) is 0 Å². The van der Waals surface area contributed by atoms with Gasteiger partial charge in [0, 0.05) is 26.6 Å². The number of sulfonamides is 1. The molecule has 7 nitrogen and oxygen atoms in total. The molecule has 0 radical (unpaired) electrons. The Morgan fingerprint density at radius 3 is 2.23 bits per heavy atom. The van der Waals surface area contributed by atoms with Crippen molar-refractivity contribution in [2.75, 3.05) is 10.8 Å². The summed E-state index contributed by atoms with van der Waals surface area (Å²) in [5, 5.41) is 3.64. The molecule has 0 saturated carbocycles. The van der Waals surface area contributed by atoms with Crippen molar-refractivity contribution in [2.24, 2.45) is 0 Å². The lowest BCUT2D eigenvalue weighted by Crippen LogP contribution is -2.54. The van der Waals surface area contributed by atoms with Gasteiger partial charge in [0.1, 0.15) is 12.6 Å². The zero-order chi connectivity index (χ0) is 29.0. The molecule has 3 aromatic carbocycles. The smallest absolute Gasteiger partial charge is 0.264 e. The van der Waals surface area contributed by atoms with Crippen LogP contribution in [0.2, 0.25) is 10.0 Å². The molecule has 3 aromatic rings. The van der Waals surface area contributed by atoms with Crippen LogP contribution in [0.5, 0.6) is 0 Å². The van der Waals surface area contributed by atoms with Crippen LogP contribution in [-0.4, -0.2) is 43.3 Å². The van der Waals surface area contributed by atoms with Crippen LogP contribution in [0.25, 0.3) is 0 Å². The minimum absolute atomic E-state index is 0.0311. The second-order valence-corrected chi connectivity index (χ2v) is 13.6. The molecule has 0 bridgehead atoms. The molecule has 3 rings (SSSR count). The number of hydrogen-bond donors (Lipinski definition) is 1. The first-order chi connectivity index (χ1) is 18.2. The first-order valence-corrected chi connectivity index (χ1v) is 15.1. The molecular formula is C28H30BrCl2N3O4S. The predicted octanol–water partition coefficient (Wildman–Crippen LogP) is 6.28. The molecule has 0 aromatic heterocycles. The number of carbonyl (C=O) groups is 2. The van der Waals surface area contributed by atoms with Crippen LogP contribution >= 0.6 is 39.1 Å². The van der Waals surface area contributed by atoms with Crippen LogP contribution in [0.15, 0.2) is 82.2 Å². The topological polar surface area (TPSA) is 86.8 Å². The van der Waals surface area contributed by atoms with E-state index in [1.807, 2.05) is 20.8 Å². The maximum absolute atomic E-state index is 13.9. The van der Waals surface area contributed by atoms with E-state index < -0.39 is 34.1 Å². The molecular weight excluding hydrogens is 625 g/mol. The molecule has 0 unspecified atom stereocenters. The largest absolute Gasteiger partial charge is 0.350 e. The molecule has 208 valence electrons. The maximum atomic E-state index is 13.9. The number of nitrogens with zero attached hydrogens (tertiary/aromatic N) is 2. The quantitative estimate of drug-likeness (QED) is 0.294. The van der Waals surface area contributed by atoms with Crippen molar-refractivity contribution < 1.29 is 18.0 Å². The molecule has 0 fully saturated rings. The minimum Gasteiger partial charge on any atom is -0.350 e. The van der Waals surface area contributed by atoms with Gasteiger partial charge in [-0.2, -0.15) is 0 Å². The maximum Gasteiger partial charge on any atom is 0.264 e. The van der Waals surface area contributed by atoms with Gasteiger partial charge in [0.25, 0.3) is 10.0 Å². The predicted molar refractivity (Wildman–Crippen MR) is 159 cm³/mol. The van der Waals surface area contributed by atoms with Gasteiger partial charge >= 0.3 is 0 Å². The first-order valence-electron chi connectivity index (χ1n) is 12.1. The van der Waals surface area contributed by atoms with E-state index in [1.54, 1.807) is 67.6 Å². The third-order valence-corrected chi connectivity index (χ3v) is 8.60. The Labute approximate surface area is 248 Å². The molecule has 11 heteroatoms. The number of hydrogen-bond acceptors (Lipinski definition) is 4. The van der Waals surface area contributed by atoms with Gasteiger partial charge in [-0.05, 0) is 75.7 Å². The van der Waals surface area contributed by atoms with Gasteiger partial charge in [-0.25, -0.2) is 8.42 Å². The van der Waals surface area contributed by atoms with Crippen molar-refractivity contribution in [3.63, 3.8) is 0 Å². The second kappa shape index (κ2) is 12.7. The first kappa shape index (κ1) is 30.9. The summed E-state index contributed by atoms with van der Waals surface area (Å²) in [5.41, 5.74) is 0.305. The van der Waals surface area contributed by atoms with E-state index in [1.165, 1.54) is 17.0 Å². The van der Waals surface area contributed by atoms with Crippen molar-refractivity contribution in [3.05, 3.63) is 92.9 Å². The van der Waals surface area contributed by atoms with Crippen LogP contribution in [0, 0.1) is 0 Å². The fourth-order valence-corrected chi connectivity index (χ4v) is 6.05. The van der Waals surface area contributed by atoms with Crippen LogP contribution in [0.4, 0.5) is 5.69 Å². The van der Waals surface area contributed by atoms with Crippen molar-refractivity contribution >= 4 is 66.7 Å². The average molecular weight is 655 g/mol. The lowest BCUT2D eigenvalue weighted by atomic mass is 10.1. The molecule has 2 amide bonds. The van der Waals surface area contributed by atoms with Gasteiger partial charge in [-0.3, -0.25) is 13.9 Å². The monoisotopic (exact) mass is 653 g/mol. The minimum atomic E-state index is -4.14. The summed E-state index contributed by atoms with van der Waals surface area (Å²) in [6.45, 7) is 6.51. The van der Waals surface area contributed by atoms with Crippen molar-refractivity contribution in [3.8, 4) is 0 Å². The summed E-state index contributed by atoms with van der Waals surface area (Å²) < 4.78 is 29.2. The van der Waals surface area contributed by atoms with Gasteiger partial charge in [0.2, 0.25) is 11.8 Å². The Morgan fingerprint density at radius 1 is 0.974 bits per heavy atom. The summed E-state index contributed by atoms with van der Waals surface area (Å²) in [4.78, 5) is 28.5. The van der Waals surface area contributed by atoms with E-state index in [2.05, 4.69) is 21.2 Å². The highest BCUT2D eigenvalue weighted by Gasteiger charge is 2.33. The van der Waals surface area contributed by atoms with E-state index in [4.69, 9.17) is 23.2 Å². The summed E-state index contributed by atoms with van der Waals surface area (Å²) in [7, 11) is -4.14. The fourth-order valence-electron chi connectivity index (χ4n) is 3.77. The number of amides is 2. The van der Waals surface area contributed by atoms with Crippen molar-refractivity contribution in [1.82, 2.24) is 10.2 Å². The Balaban J connectivity index is 2.05. The van der Waals surface area contributed by atoms with E-state index in [0.717, 1.165) is 4.31 Å². The van der Waals surface area contributed by atoms with Crippen molar-refractivity contribution in [2.45, 2.75) is 50.7 Å². The Kier molecular flexibility index (Phi) is 10.1. The number of halogens is 3. The van der Waals surface area contributed by atoms with Gasteiger partial charge < -0.3 is 10.2 Å². The van der Waals surface area contributed by atoms with E-state index >= 15 is 0 Å². The molecule has 0 saturated heterocycles. The summed E-state index contributed by atoms with van der Waals surface area (Å²) >= 11 is 15.8. The zero-order valence-electron chi connectivity index (χ0n) is 22.0. The summed E-state index contributed by atoms with van der Waals surface area (Å²) in [5.74, 6) is -0.974. The van der Waals surface area contributed by atoms with Crippen LogP contribution in [0.1, 0.15) is 33.3 Å².